The quantitative estimate of drug-likeness (QED) is 0.186. The monoisotopic (exact) mass is 570 g/mol. The predicted octanol–water partition coefficient (Wildman–Crippen LogP) is 6.30. The summed E-state index contributed by atoms with van der Waals surface area (Å²) >= 11 is 6.80. The fourth-order valence-electron chi connectivity index (χ4n) is 4.96. The number of benzene rings is 3. The molecule has 0 saturated heterocycles. The average molecular weight is 571 g/mol. The third kappa shape index (κ3) is 6.06. The standard InChI is InChI=1S/C31H31ClN6O3/c1-4-5-13-26-33-29(32)27(28(40-2)22-9-8-10-23(18-22)31(39)41-3)38(26)19-20-14-16-21(17-15-20)24-11-6-7-12-25(24)30-34-36-37-35-30/h6-12,14-18,28H,4-5,13,19H2,1-3H3,(H,34,35,36,37). The van der Waals surface area contributed by atoms with Crippen LogP contribution in [0.1, 0.15) is 58.9 Å². The van der Waals surface area contributed by atoms with Crippen LogP contribution in [0.3, 0.4) is 0 Å². The molecular formula is C31H31ClN6O3. The first-order valence-corrected chi connectivity index (χ1v) is 13.8. The number of nitrogens with one attached hydrogen (secondary N) is 1. The van der Waals surface area contributed by atoms with Gasteiger partial charge >= 0.3 is 5.97 Å². The highest BCUT2D eigenvalue weighted by molar-refractivity contribution is 6.30. The average Bonchev–Trinajstić information content (AvgIpc) is 3.65. The summed E-state index contributed by atoms with van der Waals surface area (Å²) in [6.45, 7) is 2.70. The van der Waals surface area contributed by atoms with Gasteiger partial charge in [-0.1, -0.05) is 85.6 Å². The van der Waals surface area contributed by atoms with E-state index >= 15 is 0 Å². The molecule has 0 fully saturated rings. The van der Waals surface area contributed by atoms with Crippen molar-refractivity contribution in [1.82, 2.24) is 30.2 Å². The number of carbonyl (C=O) groups excluding carboxylic acids is 1. The maximum Gasteiger partial charge on any atom is 0.337 e. The van der Waals surface area contributed by atoms with E-state index in [0.29, 0.717) is 23.1 Å². The number of aromatic amines is 1. The highest BCUT2D eigenvalue weighted by Crippen LogP contribution is 2.34. The number of halogens is 1. The van der Waals surface area contributed by atoms with Crippen molar-refractivity contribution >= 4 is 17.6 Å². The zero-order chi connectivity index (χ0) is 28.8. The van der Waals surface area contributed by atoms with E-state index in [9.17, 15) is 4.79 Å². The van der Waals surface area contributed by atoms with Gasteiger partial charge in [-0.15, -0.1) is 10.2 Å². The topological polar surface area (TPSA) is 108 Å². The molecule has 0 aliphatic heterocycles. The molecule has 9 nitrogen and oxygen atoms in total. The van der Waals surface area contributed by atoms with Crippen molar-refractivity contribution in [1.29, 1.82) is 0 Å². The van der Waals surface area contributed by atoms with Gasteiger partial charge < -0.3 is 14.0 Å². The van der Waals surface area contributed by atoms with Gasteiger partial charge in [0.05, 0.1) is 18.4 Å². The number of esters is 1. The Morgan fingerprint density at radius 1 is 1.02 bits per heavy atom. The SMILES string of the molecule is CCCCc1nc(Cl)c(C(OC)c2cccc(C(=O)OC)c2)n1Cc1ccc(-c2ccccc2-c2nn[nH]n2)cc1. The van der Waals surface area contributed by atoms with Gasteiger partial charge in [-0.25, -0.2) is 9.78 Å². The fourth-order valence-corrected chi connectivity index (χ4v) is 5.26. The number of hydrogen-bond acceptors (Lipinski definition) is 7. The number of hydrogen-bond donors (Lipinski definition) is 1. The molecule has 1 unspecified atom stereocenters. The highest BCUT2D eigenvalue weighted by Gasteiger charge is 2.26. The summed E-state index contributed by atoms with van der Waals surface area (Å²) in [5, 5.41) is 14.9. The first-order valence-electron chi connectivity index (χ1n) is 13.4. The van der Waals surface area contributed by atoms with Gasteiger partial charge in [0, 0.05) is 25.6 Å². The van der Waals surface area contributed by atoms with Crippen LogP contribution in [0.5, 0.6) is 0 Å². The molecule has 0 aliphatic carbocycles. The smallest absolute Gasteiger partial charge is 0.337 e. The zero-order valence-corrected chi connectivity index (χ0v) is 23.9. The lowest BCUT2D eigenvalue weighted by Gasteiger charge is -2.21. The highest BCUT2D eigenvalue weighted by atomic mass is 35.5. The van der Waals surface area contributed by atoms with Crippen molar-refractivity contribution in [3.05, 3.63) is 106 Å². The van der Waals surface area contributed by atoms with Gasteiger partial charge in [0.25, 0.3) is 0 Å². The number of rotatable bonds is 11. The minimum absolute atomic E-state index is 0.386. The van der Waals surface area contributed by atoms with E-state index < -0.39 is 12.1 Å². The molecule has 3 aromatic carbocycles. The number of nitrogens with zero attached hydrogens (tertiary/aromatic N) is 5. The van der Waals surface area contributed by atoms with Crippen molar-refractivity contribution in [2.24, 2.45) is 0 Å². The summed E-state index contributed by atoms with van der Waals surface area (Å²) in [5.74, 6) is 1.03. The number of H-pyrrole nitrogens is 1. The van der Waals surface area contributed by atoms with Crippen LogP contribution in [-0.4, -0.2) is 50.4 Å². The molecule has 2 aromatic heterocycles. The molecule has 0 saturated carbocycles. The van der Waals surface area contributed by atoms with Crippen LogP contribution in [0.25, 0.3) is 22.5 Å². The van der Waals surface area contributed by atoms with Crippen molar-refractivity contribution in [3.63, 3.8) is 0 Å². The summed E-state index contributed by atoms with van der Waals surface area (Å²) < 4.78 is 13.0. The van der Waals surface area contributed by atoms with Gasteiger partial charge in [-0.3, -0.25) is 0 Å². The molecule has 10 heteroatoms. The second-order valence-corrected chi connectivity index (χ2v) is 9.96. The van der Waals surface area contributed by atoms with Crippen molar-refractivity contribution in [3.8, 4) is 22.5 Å². The van der Waals surface area contributed by atoms with Gasteiger partial charge in [0.15, 0.2) is 5.15 Å². The Labute approximate surface area is 243 Å². The van der Waals surface area contributed by atoms with E-state index in [0.717, 1.165) is 58.6 Å². The number of aryl methyl sites for hydroxylation is 1. The van der Waals surface area contributed by atoms with Crippen LogP contribution < -0.4 is 0 Å². The molecule has 0 bridgehead atoms. The number of carbonyl (C=O) groups is 1. The largest absolute Gasteiger partial charge is 0.465 e. The van der Waals surface area contributed by atoms with Crippen molar-refractivity contribution < 1.29 is 14.3 Å². The number of unbranched alkanes of at least 4 members (excludes halogenated alkanes) is 1. The van der Waals surface area contributed by atoms with E-state index in [2.05, 4.69) is 56.4 Å². The molecule has 0 radical (unpaired) electrons. The fraction of sp³-hybridized carbons (Fsp3) is 0.258. The molecule has 5 aromatic rings. The third-order valence-electron chi connectivity index (χ3n) is 7.01. The van der Waals surface area contributed by atoms with Gasteiger partial charge in [0.2, 0.25) is 5.82 Å². The molecule has 0 amide bonds. The summed E-state index contributed by atoms with van der Waals surface area (Å²) in [6, 6.07) is 23.6. The summed E-state index contributed by atoms with van der Waals surface area (Å²) in [5.41, 5.74) is 6.01. The maximum absolute atomic E-state index is 12.2. The lowest BCUT2D eigenvalue weighted by Crippen LogP contribution is -2.15. The van der Waals surface area contributed by atoms with Crippen LogP contribution in [0, 0.1) is 0 Å². The lowest BCUT2D eigenvalue weighted by molar-refractivity contribution is 0.0600. The summed E-state index contributed by atoms with van der Waals surface area (Å²) in [4.78, 5) is 17.0. The van der Waals surface area contributed by atoms with Crippen LogP contribution in [0.4, 0.5) is 0 Å². The molecule has 210 valence electrons. The van der Waals surface area contributed by atoms with E-state index in [4.69, 9.17) is 26.1 Å². The third-order valence-corrected chi connectivity index (χ3v) is 7.29. The van der Waals surface area contributed by atoms with Crippen molar-refractivity contribution in [2.75, 3.05) is 14.2 Å². The molecule has 0 aliphatic rings. The Kier molecular flexibility index (Phi) is 8.86. The van der Waals surface area contributed by atoms with Crippen LogP contribution in [0.2, 0.25) is 5.15 Å². The van der Waals surface area contributed by atoms with Gasteiger partial charge in [0.1, 0.15) is 11.9 Å². The molecule has 0 spiro atoms. The number of imidazole rings is 1. The zero-order valence-electron chi connectivity index (χ0n) is 23.2. The molecule has 1 N–H and O–H groups in total. The number of aromatic nitrogens is 6. The van der Waals surface area contributed by atoms with Crippen molar-refractivity contribution in [2.45, 2.75) is 38.8 Å². The van der Waals surface area contributed by atoms with Crippen LogP contribution in [0.15, 0.2) is 72.8 Å². The van der Waals surface area contributed by atoms with E-state index in [1.165, 1.54) is 7.11 Å². The minimum atomic E-state index is -0.531. The number of tetrazole rings is 1. The van der Waals surface area contributed by atoms with Crippen LogP contribution in [-0.2, 0) is 22.4 Å². The van der Waals surface area contributed by atoms with E-state index in [-0.39, 0.29) is 0 Å². The van der Waals surface area contributed by atoms with E-state index in [1.54, 1.807) is 19.2 Å². The normalized spacial score (nSPS) is 11.9. The number of ether oxygens (including phenoxy) is 2. The minimum Gasteiger partial charge on any atom is -0.465 e. The Hall–Kier alpha value is -4.34. The number of methoxy groups -OCH3 is 2. The summed E-state index contributed by atoms with van der Waals surface area (Å²) in [6.07, 6.45) is 2.26. The second kappa shape index (κ2) is 12.9. The predicted molar refractivity (Wildman–Crippen MR) is 157 cm³/mol. The van der Waals surface area contributed by atoms with Gasteiger partial charge in [-0.05, 0) is 46.0 Å². The van der Waals surface area contributed by atoms with E-state index in [1.807, 2.05) is 36.4 Å². The molecule has 1 atom stereocenters. The Morgan fingerprint density at radius 3 is 2.49 bits per heavy atom. The van der Waals surface area contributed by atoms with Gasteiger partial charge in [-0.2, -0.15) is 5.21 Å². The Bertz CT molecular complexity index is 1620. The summed E-state index contributed by atoms with van der Waals surface area (Å²) in [7, 11) is 2.99. The first kappa shape index (κ1) is 28.2. The Morgan fingerprint density at radius 2 is 1.80 bits per heavy atom. The van der Waals surface area contributed by atoms with Crippen LogP contribution >= 0.6 is 11.6 Å². The second-order valence-electron chi connectivity index (χ2n) is 9.60. The molecular weight excluding hydrogens is 540 g/mol. The Balaban J connectivity index is 1.51. The maximum atomic E-state index is 12.2. The molecule has 5 rings (SSSR count). The first-order chi connectivity index (χ1) is 20.0. The molecule has 41 heavy (non-hydrogen) atoms. The lowest BCUT2D eigenvalue weighted by atomic mass is 9.98. The molecule has 2 heterocycles.